The number of hydroxylamine groups is 2. The highest BCUT2D eigenvalue weighted by Crippen LogP contribution is 2.21. The second-order valence-electron chi connectivity index (χ2n) is 4.12. The first-order valence-corrected chi connectivity index (χ1v) is 5.80. The van der Waals surface area contributed by atoms with Crippen LogP contribution in [0.1, 0.15) is 25.7 Å². The van der Waals surface area contributed by atoms with Gasteiger partial charge in [0.05, 0.1) is 13.2 Å². The summed E-state index contributed by atoms with van der Waals surface area (Å²) in [4.78, 5) is 16.3. The van der Waals surface area contributed by atoms with Crippen LogP contribution in [-0.2, 0) is 9.57 Å². The number of rotatable bonds is 4. The van der Waals surface area contributed by atoms with Crippen molar-refractivity contribution in [1.29, 1.82) is 0 Å². The number of amides is 2. The summed E-state index contributed by atoms with van der Waals surface area (Å²) in [6.07, 6.45) is 9.07. The summed E-state index contributed by atoms with van der Waals surface area (Å²) >= 11 is 0. The van der Waals surface area contributed by atoms with Crippen molar-refractivity contribution in [2.75, 3.05) is 20.8 Å². The van der Waals surface area contributed by atoms with Crippen molar-refractivity contribution in [3.8, 4) is 12.3 Å². The first-order valence-electron chi connectivity index (χ1n) is 5.80. The second kappa shape index (κ2) is 7.15. The van der Waals surface area contributed by atoms with Crippen LogP contribution in [-0.4, -0.2) is 44.0 Å². The molecule has 0 unspecified atom stereocenters. The Hall–Kier alpha value is -1.25. The molecule has 0 radical (unpaired) electrons. The number of terminal acetylenes is 1. The molecule has 0 heterocycles. The molecule has 1 saturated carbocycles. The number of ether oxygens (including phenoxy) is 1. The van der Waals surface area contributed by atoms with Gasteiger partial charge in [-0.15, -0.1) is 6.42 Å². The van der Waals surface area contributed by atoms with E-state index in [2.05, 4.69) is 11.2 Å². The van der Waals surface area contributed by atoms with E-state index in [4.69, 9.17) is 16.0 Å². The number of hydrogen-bond acceptors (Lipinski definition) is 3. The molecule has 0 spiro atoms. The molecule has 1 N–H and O–H groups in total. The van der Waals surface area contributed by atoms with Crippen LogP contribution in [0.15, 0.2) is 0 Å². The molecule has 96 valence electrons. The van der Waals surface area contributed by atoms with Crippen molar-refractivity contribution in [3.05, 3.63) is 0 Å². The summed E-state index contributed by atoms with van der Waals surface area (Å²) < 4.78 is 5.47. The van der Waals surface area contributed by atoms with Gasteiger partial charge in [-0.05, 0) is 25.7 Å². The molecule has 1 aliphatic rings. The average Bonchev–Trinajstić information content (AvgIpc) is 2.37. The van der Waals surface area contributed by atoms with E-state index in [0.29, 0.717) is 6.61 Å². The molecule has 1 aliphatic carbocycles. The molecule has 0 aromatic carbocycles. The third-order valence-electron chi connectivity index (χ3n) is 2.96. The standard InChI is InChI=1S/C12H20N2O3/c1-4-9-17-11-7-5-10(6-8-11)13-12(15)14(2)16-3/h1,10-11H,5-9H2,2-3H3,(H,13,15). The Labute approximate surface area is 102 Å². The van der Waals surface area contributed by atoms with E-state index in [0.717, 1.165) is 25.7 Å². The Balaban J connectivity index is 2.23. The summed E-state index contributed by atoms with van der Waals surface area (Å²) in [5.74, 6) is 2.47. The Kier molecular flexibility index (Phi) is 5.81. The van der Waals surface area contributed by atoms with Crippen molar-refractivity contribution in [2.45, 2.75) is 37.8 Å². The van der Waals surface area contributed by atoms with Gasteiger partial charge in [-0.25, -0.2) is 9.86 Å². The zero-order valence-corrected chi connectivity index (χ0v) is 10.4. The maximum atomic E-state index is 11.5. The average molecular weight is 240 g/mol. The zero-order chi connectivity index (χ0) is 12.7. The smallest absolute Gasteiger partial charge is 0.341 e. The number of hydrogen-bond donors (Lipinski definition) is 1. The lowest BCUT2D eigenvalue weighted by Crippen LogP contribution is -2.44. The van der Waals surface area contributed by atoms with Crippen LogP contribution in [0, 0.1) is 12.3 Å². The molecule has 5 nitrogen and oxygen atoms in total. The third-order valence-corrected chi connectivity index (χ3v) is 2.96. The van der Waals surface area contributed by atoms with Gasteiger partial charge in [0, 0.05) is 13.1 Å². The lowest BCUT2D eigenvalue weighted by molar-refractivity contribution is -0.0663. The summed E-state index contributed by atoms with van der Waals surface area (Å²) in [7, 11) is 3.04. The summed E-state index contributed by atoms with van der Waals surface area (Å²) in [5, 5.41) is 4.09. The normalized spacial score (nSPS) is 23.8. The summed E-state index contributed by atoms with van der Waals surface area (Å²) in [5.41, 5.74) is 0. The van der Waals surface area contributed by atoms with Crippen LogP contribution in [0.2, 0.25) is 0 Å². The Morgan fingerprint density at radius 1 is 1.47 bits per heavy atom. The Morgan fingerprint density at radius 3 is 2.65 bits per heavy atom. The minimum Gasteiger partial charge on any atom is -0.366 e. The van der Waals surface area contributed by atoms with E-state index in [-0.39, 0.29) is 18.2 Å². The highest BCUT2D eigenvalue weighted by molar-refractivity contribution is 5.73. The predicted octanol–water partition coefficient (Wildman–Crippen LogP) is 1.15. The quantitative estimate of drug-likeness (QED) is 0.592. The van der Waals surface area contributed by atoms with Crippen LogP contribution in [0.3, 0.4) is 0 Å². The Morgan fingerprint density at radius 2 is 2.12 bits per heavy atom. The van der Waals surface area contributed by atoms with Gasteiger partial charge in [0.2, 0.25) is 0 Å². The van der Waals surface area contributed by atoms with Crippen LogP contribution in [0.25, 0.3) is 0 Å². The molecule has 1 rings (SSSR count). The van der Waals surface area contributed by atoms with Crippen molar-refractivity contribution < 1.29 is 14.4 Å². The van der Waals surface area contributed by atoms with Crippen molar-refractivity contribution in [1.82, 2.24) is 10.4 Å². The molecule has 0 atom stereocenters. The van der Waals surface area contributed by atoms with Crippen LogP contribution >= 0.6 is 0 Å². The van der Waals surface area contributed by atoms with Gasteiger partial charge in [-0.2, -0.15) is 0 Å². The van der Waals surface area contributed by atoms with E-state index < -0.39 is 0 Å². The van der Waals surface area contributed by atoms with Gasteiger partial charge < -0.3 is 10.1 Å². The fraction of sp³-hybridized carbons (Fsp3) is 0.750. The molecule has 1 fully saturated rings. The van der Waals surface area contributed by atoms with Gasteiger partial charge >= 0.3 is 6.03 Å². The van der Waals surface area contributed by atoms with Crippen LogP contribution in [0.4, 0.5) is 4.79 Å². The zero-order valence-electron chi connectivity index (χ0n) is 10.4. The predicted molar refractivity (Wildman–Crippen MR) is 64.1 cm³/mol. The van der Waals surface area contributed by atoms with E-state index in [1.165, 1.54) is 12.2 Å². The van der Waals surface area contributed by atoms with E-state index >= 15 is 0 Å². The molecular weight excluding hydrogens is 220 g/mol. The highest BCUT2D eigenvalue weighted by atomic mass is 16.7. The second-order valence-corrected chi connectivity index (χ2v) is 4.12. The minimum atomic E-state index is -0.208. The van der Waals surface area contributed by atoms with E-state index in [9.17, 15) is 4.79 Å². The molecule has 5 heteroatoms. The Bertz CT molecular complexity index is 280. The fourth-order valence-electron chi connectivity index (χ4n) is 1.89. The van der Waals surface area contributed by atoms with E-state index in [1.807, 2.05) is 0 Å². The molecule has 0 aliphatic heterocycles. The first-order chi connectivity index (χ1) is 8.17. The molecule has 0 bridgehead atoms. The van der Waals surface area contributed by atoms with Gasteiger partial charge in [-0.1, -0.05) is 5.92 Å². The largest absolute Gasteiger partial charge is 0.366 e. The maximum absolute atomic E-state index is 11.5. The van der Waals surface area contributed by atoms with Gasteiger partial charge in [0.15, 0.2) is 0 Å². The molecular formula is C12H20N2O3. The summed E-state index contributed by atoms with van der Waals surface area (Å²) in [6.45, 7) is 0.369. The van der Waals surface area contributed by atoms with E-state index in [1.54, 1.807) is 7.05 Å². The van der Waals surface area contributed by atoms with Gasteiger partial charge in [-0.3, -0.25) is 4.84 Å². The highest BCUT2D eigenvalue weighted by Gasteiger charge is 2.23. The fourth-order valence-corrected chi connectivity index (χ4v) is 1.89. The van der Waals surface area contributed by atoms with Gasteiger partial charge in [0.25, 0.3) is 0 Å². The minimum absolute atomic E-state index is 0.200. The number of carbonyl (C=O) groups is 1. The number of carbonyl (C=O) groups excluding carboxylic acids is 1. The molecule has 17 heavy (non-hydrogen) atoms. The van der Waals surface area contributed by atoms with Crippen LogP contribution in [0.5, 0.6) is 0 Å². The van der Waals surface area contributed by atoms with Crippen molar-refractivity contribution in [2.24, 2.45) is 0 Å². The lowest BCUT2D eigenvalue weighted by Gasteiger charge is -2.29. The topological polar surface area (TPSA) is 50.8 Å². The maximum Gasteiger partial charge on any atom is 0.341 e. The molecule has 0 aromatic rings. The lowest BCUT2D eigenvalue weighted by atomic mass is 9.93. The number of nitrogens with zero attached hydrogens (tertiary/aromatic N) is 1. The van der Waals surface area contributed by atoms with Crippen molar-refractivity contribution >= 4 is 6.03 Å². The first kappa shape index (κ1) is 13.8. The molecule has 0 aromatic heterocycles. The van der Waals surface area contributed by atoms with Gasteiger partial charge in [0.1, 0.15) is 6.61 Å². The third kappa shape index (κ3) is 4.63. The van der Waals surface area contributed by atoms with Crippen molar-refractivity contribution in [3.63, 3.8) is 0 Å². The monoisotopic (exact) mass is 240 g/mol. The summed E-state index contributed by atoms with van der Waals surface area (Å²) in [6, 6.07) is -0.00808. The van der Waals surface area contributed by atoms with Crippen LogP contribution < -0.4 is 5.32 Å². The number of urea groups is 1. The molecule has 2 amide bonds. The SMILES string of the molecule is C#CCOC1CCC(NC(=O)N(C)OC)CC1. The molecule has 0 saturated heterocycles. The number of nitrogens with one attached hydrogen (secondary N) is 1.